The minimum Gasteiger partial charge on any atom is -0.409 e. The molecule has 17 heavy (non-hydrogen) atoms. The number of halogens is 1. The standard InChI is InChI=1S/C11H10ClN3O2/c12-7-1-2-9-8(5-7)10(16)3-4-15(9)6-11(13)14-17/h1-5,17H,6H2,(H2,13,14). The number of amidine groups is 1. The summed E-state index contributed by atoms with van der Waals surface area (Å²) >= 11 is 5.84. The van der Waals surface area contributed by atoms with E-state index in [1.165, 1.54) is 6.07 Å². The van der Waals surface area contributed by atoms with Crippen molar-refractivity contribution in [1.29, 1.82) is 0 Å². The molecule has 0 aliphatic heterocycles. The van der Waals surface area contributed by atoms with Gasteiger partial charge in [0, 0.05) is 22.7 Å². The molecule has 1 heterocycles. The Hall–Kier alpha value is -2.01. The van der Waals surface area contributed by atoms with Gasteiger partial charge in [-0.25, -0.2) is 0 Å². The maximum absolute atomic E-state index is 11.7. The molecule has 88 valence electrons. The predicted molar refractivity (Wildman–Crippen MR) is 66.6 cm³/mol. The second-order valence-corrected chi connectivity index (χ2v) is 4.00. The van der Waals surface area contributed by atoms with Gasteiger partial charge < -0.3 is 15.5 Å². The lowest BCUT2D eigenvalue weighted by atomic mass is 10.2. The zero-order valence-electron chi connectivity index (χ0n) is 8.80. The fourth-order valence-electron chi connectivity index (χ4n) is 1.63. The van der Waals surface area contributed by atoms with Crippen LogP contribution in [0.25, 0.3) is 10.9 Å². The molecule has 0 fully saturated rings. The summed E-state index contributed by atoms with van der Waals surface area (Å²) in [4.78, 5) is 11.7. The molecule has 6 heteroatoms. The topological polar surface area (TPSA) is 80.6 Å². The van der Waals surface area contributed by atoms with Crippen LogP contribution in [0.15, 0.2) is 40.4 Å². The Labute approximate surface area is 102 Å². The summed E-state index contributed by atoms with van der Waals surface area (Å²) in [6.45, 7) is 0.203. The van der Waals surface area contributed by atoms with Crippen molar-refractivity contribution in [1.82, 2.24) is 4.57 Å². The van der Waals surface area contributed by atoms with Crippen molar-refractivity contribution in [2.45, 2.75) is 6.54 Å². The van der Waals surface area contributed by atoms with Crippen molar-refractivity contribution in [2.24, 2.45) is 10.9 Å². The van der Waals surface area contributed by atoms with E-state index in [2.05, 4.69) is 5.16 Å². The Kier molecular flexibility index (Phi) is 3.01. The average Bonchev–Trinajstić information content (AvgIpc) is 2.33. The van der Waals surface area contributed by atoms with Crippen LogP contribution in [0.5, 0.6) is 0 Å². The Bertz CT molecular complexity index is 649. The second-order valence-electron chi connectivity index (χ2n) is 3.56. The number of benzene rings is 1. The van der Waals surface area contributed by atoms with Crippen LogP contribution < -0.4 is 11.2 Å². The minimum atomic E-state index is -0.113. The minimum absolute atomic E-state index is 0.0601. The SMILES string of the molecule is N/C(Cn1ccc(=O)c2cc(Cl)ccc21)=N\O. The van der Waals surface area contributed by atoms with Crippen LogP contribution in [0.4, 0.5) is 0 Å². The first-order valence-electron chi connectivity index (χ1n) is 4.87. The van der Waals surface area contributed by atoms with Gasteiger partial charge in [-0.3, -0.25) is 4.79 Å². The van der Waals surface area contributed by atoms with Gasteiger partial charge in [-0.05, 0) is 18.2 Å². The number of hydrogen-bond acceptors (Lipinski definition) is 3. The molecule has 0 spiro atoms. The largest absolute Gasteiger partial charge is 0.409 e. The summed E-state index contributed by atoms with van der Waals surface area (Å²) in [6, 6.07) is 6.43. The molecule has 0 atom stereocenters. The summed E-state index contributed by atoms with van der Waals surface area (Å²) in [5, 5.41) is 12.4. The van der Waals surface area contributed by atoms with Crippen molar-refractivity contribution >= 4 is 28.3 Å². The Morgan fingerprint density at radius 3 is 2.94 bits per heavy atom. The molecule has 0 saturated heterocycles. The summed E-state index contributed by atoms with van der Waals surface area (Å²) in [7, 11) is 0. The fourth-order valence-corrected chi connectivity index (χ4v) is 1.80. The third kappa shape index (κ3) is 2.24. The van der Waals surface area contributed by atoms with Crippen LogP contribution in [-0.4, -0.2) is 15.6 Å². The van der Waals surface area contributed by atoms with Gasteiger partial charge in [0.05, 0.1) is 12.1 Å². The summed E-state index contributed by atoms with van der Waals surface area (Å²) in [6.07, 6.45) is 1.59. The van der Waals surface area contributed by atoms with Crippen LogP contribution in [0.1, 0.15) is 0 Å². The molecule has 0 saturated carbocycles. The Morgan fingerprint density at radius 1 is 1.47 bits per heavy atom. The van der Waals surface area contributed by atoms with Gasteiger partial charge in [0.2, 0.25) is 0 Å². The fraction of sp³-hybridized carbons (Fsp3) is 0.0909. The van der Waals surface area contributed by atoms with Gasteiger partial charge in [0.15, 0.2) is 11.3 Å². The van der Waals surface area contributed by atoms with Gasteiger partial charge >= 0.3 is 0 Å². The van der Waals surface area contributed by atoms with Gasteiger partial charge in [-0.1, -0.05) is 16.8 Å². The quantitative estimate of drug-likeness (QED) is 0.366. The number of hydrogen-bond donors (Lipinski definition) is 2. The molecule has 2 rings (SSSR count). The molecule has 0 amide bonds. The number of nitrogens with zero attached hydrogens (tertiary/aromatic N) is 2. The number of pyridine rings is 1. The van der Waals surface area contributed by atoms with Crippen LogP contribution in [0.2, 0.25) is 5.02 Å². The maximum Gasteiger partial charge on any atom is 0.189 e. The summed E-state index contributed by atoms with van der Waals surface area (Å²) in [5.74, 6) is 0.0601. The van der Waals surface area contributed by atoms with E-state index in [4.69, 9.17) is 22.5 Å². The van der Waals surface area contributed by atoms with Crippen LogP contribution in [0.3, 0.4) is 0 Å². The van der Waals surface area contributed by atoms with E-state index in [1.54, 1.807) is 29.0 Å². The highest BCUT2D eigenvalue weighted by Gasteiger charge is 2.04. The molecule has 0 bridgehead atoms. The molecule has 0 aliphatic rings. The van der Waals surface area contributed by atoms with Gasteiger partial charge in [0.1, 0.15) is 0 Å². The molecule has 5 nitrogen and oxygen atoms in total. The molecule has 1 aromatic carbocycles. The van der Waals surface area contributed by atoms with E-state index in [9.17, 15) is 4.79 Å². The van der Waals surface area contributed by atoms with Gasteiger partial charge in [-0.2, -0.15) is 0 Å². The third-order valence-electron chi connectivity index (χ3n) is 2.40. The van der Waals surface area contributed by atoms with E-state index in [-0.39, 0.29) is 17.8 Å². The summed E-state index contributed by atoms with van der Waals surface area (Å²) in [5.41, 5.74) is 6.01. The van der Waals surface area contributed by atoms with Crippen molar-refractivity contribution in [2.75, 3.05) is 0 Å². The van der Waals surface area contributed by atoms with Crippen LogP contribution in [0, 0.1) is 0 Å². The number of nitrogens with two attached hydrogens (primary N) is 1. The normalized spacial score (nSPS) is 11.9. The Morgan fingerprint density at radius 2 is 2.24 bits per heavy atom. The first-order chi connectivity index (χ1) is 8.11. The molecular weight excluding hydrogens is 242 g/mol. The lowest BCUT2D eigenvalue weighted by molar-refractivity contribution is 0.316. The van der Waals surface area contributed by atoms with E-state index in [0.29, 0.717) is 15.9 Å². The second kappa shape index (κ2) is 4.47. The monoisotopic (exact) mass is 251 g/mol. The zero-order chi connectivity index (χ0) is 12.4. The van der Waals surface area contributed by atoms with E-state index >= 15 is 0 Å². The van der Waals surface area contributed by atoms with Crippen LogP contribution >= 0.6 is 11.6 Å². The van der Waals surface area contributed by atoms with Crippen molar-refractivity contribution in [3.63, 3.8) is 0 Å². The van der Waals surface area contributed by atoms with E-state index < -0.39 is 0 Å². The lowest BCUT2D eigenvalue weighted by Gasteiger charge is -2.09. The molecule has 0 unspecified atom stereocenters. The first-order valence-corrected chi connectivity index (χ1v) is 5.24. The summed E-state index contributed by atoms with van der Waals surface area (Å²) < 4.78 is 1.71. The third-order valence-corrected chi connectivity index (χ3v) is 2.64. The first kappa shape index (κ1) is 11.5. The maximum atomic E-state index is 11.7. The smallest absolute Gasteiger partial charge is 0.189 e. The number of fused-ring (bicyclic) bond motifs is 1. The molecule has 2 aromatic rings. The molecule has 0 aliphatic carbocycles. The highest BCUT2D eigenvalue weighted by Crippen LogP contribution is 2.16. The number of oxime groups is 1. The van der Waals surface area contributed by atoms with Gasteiger partial charge in [0.25, 0.3) is 0 Å². The number of aromatic nitrogens is 1. The highest BCUT2D eigenvalue weighted by atomic mass is 35.5. The molecule has 3 N–H and O–H groups in total. The predicted octanol–water partition coefficient (Wildman–Crippen LogP) is 1.40. The van der Waals surface area contributed by atoms with E-state index in [1.807, 2.05) is 0 Å². The molecular formula is C11H10ClN3O2. The van der Waals surface area contributed by atoms with Crippen molar-refractivity contribution in [3.8, 4) is 0 Å². The van der Waals surface area contributed by atoms with Gasteiger partial charge in [-0.15, -0.1) is 0 Å². The van der Waals surface area contributed by atoms with Crippen molar-refractivity contribution < 1.29 is 5.21 Å². The van der Waals surface area contributed by atoms with Crippen molar-refractivity contribution in [3.05, 3.63) is 45.7 Å². The number of rotatable bonds is 2. The lowest BCUT2D eigenvalue weighted by Crippen LogP contribution is -2.20. The highest BCUT2D eigenvalue weighted by molar-refractivity contribution is 6.31. The van der Waals surface area contributed by atoms with Crippen LogP contribution in [-0.2, 0) is 6.54 Å². The molecule has 1 aromatic heterocycles. The average molecular weight is 252 g/mol. The molecule has 0 radical (unpaired) electrons. The Balaban J connectivity index is 2.66. The van der Waals surface area contributed by atoms with E-state index in [0.717, 1.165) is 0 Å². The zero-order valence-corrected chi connectivity index (χ0v) is 9.55.